The molecule has 0 saturated carbocycles. The fourth-order valence-corrected chi connectivity index (χ4v) is 3.07. The molecule has 0 aliphatic heterocycles. The highest BCUT2D eigenvalue weighted by molar-refractivity contribution is 7.99. The lowest BCUT2D eigenvalue weighted by atomic mass is 10.1. The van der Waals surface area contributed by atoms with Crippen LogP contribution in [-0.2, 0) is 21.5 Å². The topological polar surface area (TPSA) is 58.2 Å². The molecule has 0 aliphatic carbocycles. The summed E-state index contributed by atoms with van der Waals surface area (Å²) in [5.41, 5.74) is 0.165. The Kier molecular flexibility index (Phi) is 6.90. The number of carbonyl (C=O) groups excluding carboxylic acids is 2. The zero-order valence-electron chi connectivity index (χ0n) is 14.8. The summed E-state index contributed by atoms with van der Waals surface area (Å²) in [5.74, 6) is -0.296. The minimum Gasteiger partial charge on any atom is -0.325 e. The summed E-state index contributed by atoms with van der Waals surface area (Å²) in [6.07, 6.45) is -4.55. The van der Waals surface area contributed by atoms with Crippen molar-refractivity contribution in [3.05, 3.63) is 59.7 Å². The lowest BCUT2D eigenvalue weighted by Gasteiger charge is -2.17. The zero-order valence-corrected chi connectivity index (χ0v) is 15.6. The first-order valence-corrected chi connectivity index (χ1v) is 9.17. The van der Waals surface area contributed by atoms with Crippen molar-refractivity contribution in [2.75, 3.05) is 10.6 Å². The Bertz CT molecular complexity index is 810. The Morgan fingerprint density at radius 3 is 2.30 bits per heavy atom. The molecule has 2 rings (SSSR count). The summed E-state index contributed by atoms with van der Waals surface area (Å²) in [6, 6.07) is 12.3. The normalized spacial score (nSPS) is 12.3. The molecule has 0 aromatic heterocycles. The first-order chi connectivity index (χ1) is 12.7. The van der Waals surface area contributed by atoms with Crippen molar-refractivity contribution in [3.8, 4) is 0 Å². The van der Waals surface area contributed by atoms with Crippen molar-refractivity contribution in [1.29, 1.82) is 0 Å². The third kappa shape index (κ3) is 6.32. The van der Waals surface area contributed by atoms with Gasteiger partial charge >= 0.3 is 6.18 Å². The fourth-order valence-electron chi connectivity index (χ4n) is 2.23. The van der Waals surface area contributed by atoms with E-state index < -0.39 is 28.8 Å². The number of anilines is 2. The van der Waals surface area contributed by atoms with Crippen LogP contribution in [0.5, 0.6) is 0 Å². The summed E-state index contributed by atoms with van der Waals surface area (Å²) in [6.45, 7) is 2.91. The molecule has 8 heteroatoms. The molecule has 0 aliphatic rings. The Balaban J connectivity index is 2.12. The van der Waals surface area contributed by atoms with Crippen LogP contribution < -0.4 is 10.6 Å². The first kappa shape index (κ1) is 20.8. The summed E-state index contributed by atoms with van der Waals surface area (Å²) in [4.78, 5) is 23.7. The molecule has 0 radical (unpaired) electrons. The molecule has 0 saturated heterocycles. The monoisotopic (exact) mass is 396 g/mol. The summed E-state index contributed by atoms with van der Waals surface area (Å²) < 4.78 is 38.9. The molecule has 2 aromatic carbocycles. The van der Waals surface area contributed by atoms with Gasteiger partial charge in [-0.3, -0.25) is 9.59 Å². The number of alkyl halides is 3. The maximum absolute atomic E-state index is 13.0. The molecule has 2 aromatic rings. The average Bonchev–Trinajstić information content (AvgIpc) is 2.60. The van der Waals surface area contributed by atoms with Gasteiger partial charge < -0.3 is 10.6 Å². The molecule has 1 unspecified atom stereocenters. The highest BCUT2D eigenvalue weighted by Gasteiger charge is 2.31. The van der Waals surface area contributed by atoms with Gasteiger partial charge in [-0.15, -0.1) is 11.8 Å². The molecule has 0 spiro atoms. The zero-order chi connectivity index (χ0) is 20.0. The third-order valence-electron chi connectivity index (χ3n) is 3.63. The number of hydrogen-bond acceptors (Lipinski definition) is 3. The van der Waals surface area contributed by atoms with Gasteiger partial charge in [-0.1, -0.05) is 30.3 Å². The van der Waals surface area contributed by atoms with Crippen LogP contribution >= 0.6 is 11.8 Å². The molecule has 2 N–H and O–H groups in total. The van der Waals surface area contributed by atoms with Crippen LogP contribution in [0, 0.1) is 0 Å². The largest absolute Gasteiger partial charge is 0.416 e. The SMILES string of the molecule is CC(=O)Nc1ccc(C(F)(F)F)cc1NC(=O)C(C)SCc1ccccc1. The minimum atomic E-state index is -4.55. The van der Waals surface area contributed by atoms with E-state index in [9.17, 15) is 22.8 Å². The molecule has 0 heterocycles. The Morgan fingerprint density at radius 1 is 1.04 bits per heavy atom. The van der Waals surface area contributed by atoms with Gasteiger partial charge in [0, 0.05) is 12.7 Å². The number of hydrogen-bond donors (Lipinski definition) is 2. The van der Waals surface area contributed by atoms with Gasteiger partial charge in [0.25, 0.3) is 0 Å². The molecule has 144 valence electrons. The second-order valence-corrected chi connectivity index (χ2v) is 7.20. The highest BCUT2D eigenvalue weighted by Crippen LogP contribution is 2.34. The molecule has 4 nitrogen and oxygen atoms in total. The summed E-state index contributed by atoms with van der Waals surface area (Å²) in [5, 5.41) is 4.42. The summed E-state index contributed by atoms with van der Waals surface area (Å²) in [7, 11) is 0. The lowest BCUT2D eigenvalue weighted by molar-refractivity contribution is -0.137. The molecular weight excluding hydrogens is 377 g/mol. The van der Waals surface area contributed by atoms with Gasteiger partial charge in [-0.25, -0.2) is 0 Å². The second-order valence-electron chi connectivity index (χ2n) is 5.87. The third-order valence-corrected chi connectivity index (χ3v) is 4.84. The van der Waals surface area contributed by atoms with Gasteiger partial charge in [0.1, 0.15) is 0 Å². The van der Waals surface area contributed by atoms with E-state index in [-0.39, 0.29) is 11.4 Å². The van der Waals surface area contributed by atoms with E-state index in [1.54, 1.807) is 6.92 Å². The highest BCUT2D eigenvalue weighted by atomic mass is 32.2. The van der Waals surface area contributed by atoms with Gasteiger partial charge in [0.15, 0.2) is 0 Å². The van der Waals surface area contributed by atoms with Crippen LogP contribution in [-0.4, -0.2) is 17.1 Å². The second kappa shape index (κ2) is 8.94. The van der Waals surface area contributed by atoms with E-state index in [2.05, 4.69) is 10.6 Å². The number of amides is 2. The van der Waals surface area contributed by atoms with Crippen molar-refractivity contribution in [1.82, 2.24) is 0 Å². The summed E-state index contributed by atoms with van der Waals surface area (Å²) >= 11 is 1.36. The van der Waals surface area contributed by atoms with Gasteiger partial charge in [-0.05, 0) is 30.7 Å². The van der Waals surface area contributed by atoms with Crippen molar-refractivity contribution < 1.29 is 22.8 Å². The minimum absolute atomic E-state index is 0.0859. The standard InChI is InChI=1S/C19H19F3N2O2S/c1-12(27-11-14-6-4-3-5-7-14)18(26)24-17-10-15(19(20,21)22)8-9-16(17)23-13(2)25/h3-10,12H,11H2,1-2H3,(H,23,25)(H,24,26). The average molecular weight is 396 g/mol. The number of halogens is 3. The van der Waals surface area contributed by atoms with Crippen LogP contribution in [0.1, 0.15) is 25.0 Å². The van der Waals surface area contributed by atoms with E-state index in [1.807, 2.05) is 30.3 Å². The number of benzene rings is 2. The fraction of sp³-hybridized carbons (Fsp3) is 0.263. The van der Waals surface area contributed by atoms with E-state index in [1.165, 1.54) is 18.7 Å². The van der Waals surface area contributed by atoms with Crippen LogP contribution in [0.15, 0.2) is 48.5 Å². The molecular formula is C19H19F3N2O2S. The van der Waals surface area contributed by atoms with Crippen molar-refractivity contribution in [2.45, 2.75) is 31.0 Å². The predicted molar refractivity (Wildman–Crippen MR) is 102 cm³/mol. The van der Waals surface area contributed by atoms with E-state index in [4.69, 9.17) is 0 Å². The van der Waals surface area contributed by atoms with E-state index in [0.29, 0.717) is 5.75 Å². The van der Waals surface area contributed by atoms with Crippen molar-refractivity contribution in [3.63, 3.8) is 0 Å². The molecule has 1 atom stereocenters. The maximum atomic E-state index is 13.0. The van der Waals surface area contributed by atoms with Crippen LogP contribution in [0.4, 0.5) is 24.5 Å². The number of nitrogens with one attached hydrogen (secondary N) is 2. The lowest BCUT2D eigenvalue weighted by Crippen LogP contribution is -2.24. The Labute approximate surface area is 159 Å². The van der Waals surface area contributed by atoms with Crippen molar-refractivity contribution in [2.24, 2.45) is 0 Å². The molecule has 27 heavy (non-hydrogen) atoms. The van der Waals surface area contributed by atoms with E-state index >= 15 is 0 Å². The van der Waals surface area contributed by atoms with Crippen LogP contribution in [0.25, 0.3) is 0 Å². The molecule has 0 fully saturated rings. The van der Waals surface area contributed by atoms with Gasteiger partial charge in [-0.2, -0.15) is 13.2 Å². The van der Waals surface area contributed by atoms with Crippen molar-refractivity contribution >= 4 is 35.0 Å². The number of carbonyl (C=O) groups is 2. The quantitative estimate of drug-likeness (QED) is 0.728. The smallest absolute Gasteiger partial charge is 0.325 e. The number of thioether (sulfide) groups is 1. The Hall–Kier alpha value is -2.48. The van der Waals surface area contributed by atoms with E-state index in [0.717, 1.165) is 23.8 Å². The predicted octanol–water partition coefficient (Wildman–Crippen LogP) is 4.92. The Morgan fingerprint density at radius 2 is 1.70 bits per heavy atom. The number of rotatable bonds is 6. The van der Waals surface area contributed by atoms with Crippen LogP contribution in [0.2, 0.25) is 0 Å². The van der Waals surface area contributed by atoms with Gasteiger partial charge in [0.2, 0.25) is 11.8 Å². The molecule has 0 bridgehead atoms. The maximum Gasteiger partial charge on any atom is 0.416 e. The first-order valence-electron chi connectivity index (χ1n) is 8.12. The van der Waals surface area contributed by atoms with Gasteiger partial charge in [0.05, 0.1) is 22.2 Å². The van der Waals surface area contributed by atoms with Crippen LogP contribution in [0.3, 0.4) is 0 Å². The molecule has 2 amide bonds.